The number of thiazole rings is 1. The molecule has 0 aliphatic heterocycles. The van der Waals surface area contributed by atoms with Crippen LogP contribution in [0.4, 0.5) is 9.52 Å². The topological polar surface area (TPSA) is 96.4 Å². The van der Waals surface area contributed by atoms with Crippen molar-refractivity contribution in [1.82, 2.24) is 4.98 Å². The Balaban J connectivity index is 2.47. The zero-order valence-electron chi connectivity index (χ0n) is 11.0. The van der Waals surface area contributed by atoms with Gasteiger partial charge in [0.25, 0.3) is 10.0 Å². The molecular weight excluding hydrogens is 319 g/mol. The number of benzene rings is 1. The molecule has 112 valence electrons. The van der Waals surface area contributed by atoms with E-state index in [0.29, 0.717) is 5.69 Å². The Bertz CT molecular complexity index is 815. The molecule has 0 aliphatic carbocycles. The minimum atomic E-state index is -4.03. The van der Waals surface area contributed by atoms with Gasteiger partial charge in [-0.15, -0.1) is 11.3 Å². The number of halogens is 1. The largest absolute Gasteiger partial charge is 0.478 e. The second-order valence-electron chi connectivity index (χ2n) is 4.31. The molecular formula is C12H11FN2O4S2. The zero-order valence-corrected chi connectivity index (χ0v) is 12.7. The van der Waals surface area contributed by atoms with E-state index in [1.54, 1.807) is 12.3 Å². The Kier molecular flexibility index (Phi) is 3.97. The summed E-state index contributed by atoms with van der Waals surface area (Å²) in [4.78, 5) is 14.6. The summed E-state index contributed by atoms with van der Waals surface area (Å²) in [5, 5.41) is 10.7. The smallest absolute Gasteiger partial charge is 0.338 e. The molecule has 1 aromatic heterocycles. The van der Waals surface area contributed by atoms with Crippen LogP contribution in [-0.4, -0.2) is 24.5 Å². The van der Waals surface area contributed by atoms with Crippen LogP contribution in [0.15, 0.2) is 22.4 Å². The molecule has 1 heterocycles. The van der Waals surface area contributed by atoms with Crippen molar-refractivity contribution < 1.29 is 22.7 Å². The number of nitrogens with zero attached hydrogens (tertiary/aromatic N) is 1. The van der Waals surface area contributed by atoms with Crippen molar-refractivity contribution in [2.24, 2.45) is 0 Å². The van der Waals surface area contributed by atoms with Gasteiger partial charge in [-0.1, -0.05) is 0 Å². The number of nitrogens with one attached hydrogen (secondary N) is 1. The average Bonchev–Trinajstić information content (AvgIpc) is 2.76. The van der Waals surface area contributed by atoms with Crippen molar-refractivity contribution in [2.45, 2.75) is 18.7 Å². The molecule has 0 spiro atoms. The normalized spacial score (nSPS) is 11.4. The number of carboxylic acid groups (broad SMARTS) is 1. The predicted octanol–water partition coefficient (Wildman–Crippen LogP) is 2.40. The molecule has 0 saturated heterocycles. The van der Waals surface area contributed by atoms with E-state index in [9.17, 15) is 17.6 Å². The van der Waals surface area contributed by atoms with Gasteiger partial charge in [-0.3, -0.25) is 4.72 Å². The lowest BCUT2D eigenvalue weighted by atomic mass is 10.1. The lowest BCUT2D eigenvalue weighted by Crippen LogP contribution is -2.15. The molecule has 21 heavy (non-hydrogen) atoms. The quantitative estimate of drug-likeness (QED) is 0.897. The maximum absolute atomic E-state index is 13.6. The summed E-state index contributed by atoms with van der Waals surface area (Å²) < 4.78 is 40.3. The Hall–Kier alpha value is -2.00. The highest BCUT2D eigenvalue weighted by molar-refractivity contribution is 7.93. The first-order valence-corrected chi connectivity index (χ1v) is 8.05. The highest BCUT2D eigenvalue weighted by Gasteiger charge is 2.22. The number of aromatic carboxylic acids is 1. The first-order valence-electron chi connectivity index (χ1n) is 5.69. The number of hydrogen-bond donors (Lipinski definition) is 2. The zero-order chi connectivity index (χ0) is 15.8. The number of anilines is 1. The van der Waals surface area contributed by atoms with Crippen molar-refractivity contribution in [2.75, 3.05) is 4.72 Å². The van der Waals surface area contributed by atoms with Gasteiger partial charge in [-0.2, -0.15) is 0 Å². The number of carbonyl (C=O) groups is 1. The third-order valence-corrected chi connectivity index (χ3v) is 4.93. The van der Waals surface area contributed by atoms with Crippen molar-refractivity contribution >= 4 is 32.5 Å². The van der Waals surface area contributed by atoms with E-state index in [2.05, 4.69) is 9.71 Å². The van der Waals surface area contributed by atoms with Gasteiger partial charge in [0.2, 0.25) is 0 Å². The summed E-state index contributed by atoms with van der Waals surface area (Å²) in [6.07, 6.45) is 0. The van der Waals surface area contributed by atoms with Gasteiger partial charge in [0.05, 0.1) is 16.2 Å². The van der Waals surface area contributed by atoms with Gasteiger partial charge < -0.3 is 5.11 Å². The number of carboxylic acids is 1. The summed E-state index contributed by atoms with van der Waals surface area (Å²) in [6, 6.07) is 1.86. The number of aromatic nitrogens is 1. The Labute approximate surface area is 124 Å². The van der Waals surface area contributed by atoms with Crippen LogP contribution in [0.5, 0.6) is 0 Å². The summed E-state index contributed by atoms with van der Waals surface area (Å²) >= 11 is 1.10. The molecule has 0 radical (unpaired) electrons. The van der Waals surface area contributed by atoms with Crippen LogP contribution in [0.1, 0.15) is 21.6 Å². The van der Waals surface area contributed by atoms with Crippen molar-refractivity contribution in [3.8, 4) is 0 Å². The summed E-state index contributed by atoms with van der Waals surface area (Å²) in [5.74, 6) is -2.48. The van der Waals surface area contributed by atoms with Crippen LogP contribution in [-0.2, 0) is 10.0 Å². The first kappa shape index (κ1) is 15.4. The average molecular weight is 330 g/mol. The molecule has 6 nitrogen and oxygen atoms in total. The van der Waals surface area contributed by atoms with Gasteiger partial charge in [0.1, 0.15) is 5.82 Å². The third-order valence-electron chi connectivity index (χ3n) is 2.61. The fourth-order valence-corrected chi connectivity index (χ4v) is 3.67. The standard InChI is InChI=1S/C12H11FN2O4S2/c1-6-3-8(4-9(10(6)13)11(16)17)21(18,19)15-12-14-7(2)5-20-12/h3-5H,1-2H3,(H,14,15)(H,16,17). The van der Waals surface area contributed by atoms with Crippen molar-refractivity contribution in [1.29, 1.82) is 0 Å². The molecule has 0 unspecified atom stereocenters. The molecule has 9 heteroatoms. The maximum Gasteiger partial charge on any atom is 0.338 e. The highest BCUT2D eigenvalue weighted by atomic mass is 32.2. The molecule has 0 atom stereocenters. The molecule has 0 aliphatic rings. The Morgan fingerprint density at radius 3 is 2.57 bits per heavy atom. The van der Waals surface area contributed by atoms with Crippen LogP contribution < -0.4 is 4.72 Å². The summed E-state index contributed by atoms with van der Waals surface area (Å²) in [7, 11) is -4.03. The lowest BCUT2D eigenvalue weighted by molar-refractivity contribution is 0.0691. The van der Waals surface area contributed by atoms with Crippen molar-refractivity contribution in [3.05, 3.63) is 40.2 Å². The molecule has 2 rings (SSSR count). The van der Waals surface area contributed by atoms with Crippen LogP contribution >= 0.6 is 11.3 Å². The monoisotopic (exact) mass is 330 g/mol. The Morgan fingerprint density at radius 1 is 1.38 bits per heavy atom. The number of rotatable bonds is 4. The fraction of sp³-hybridized carbons (Fsp3) is 0.167. The van der Waals surface area contributed by atoms with Crippen LogP contribution in [0.3, 0.4) is 0 Å². The number of hydrogen-bond acceptors (Lipinski definition) is 5. The second kappa shape index (κ2) is 5.41. The van der Waals surface area contributed by atoms with E-state index in [0.717, 1.165) is 23.5 Å². The molecule has 1 aromatic carbocycles. The predicted molar refractivity (Wildman–Crippen MR) is 75.8 cm³/mol. The van der Waals surface area contributed by atoms with Gasteiger partial charge in [-0.05, 0) is 31.5 Å². The number of aryl methyl sites for hydroxylation is 2. The van der Waals surface area contributed by atoms with Gasteiger partial charge in [0.15, 0.2) is 5.13 Å². The number of sulfonamides is 1. The second-order valence-corrected chi connectivity index (χ2v) is 6.85. The minimum Gasteiger partial charge on any atom is -0.478 e. The van der Waals surface area contributed by atoms with Crippen LogP contribution in [0.25, 0.3) is 0 Å². The summed E-state index contributed by atoms with van der Waals surface area (Å²) in [6.45, 7) is 3.01. The third kappa shape index (κ3) is 3.19. The highest BCUT2D eigenvalue weighted by Crippen LogP contribution is 2.23. The van der Waals surface area contributed by atoms with E-state index in [4.69, 9.17) is 5.11 Å². The van der Waals surface area contributed by atoms with E-state index < -0.39 is 27.4 Å². The molecule has 0 fully saturated rings. The maximum atomic E-state index is 13.6. The fourth-order valence-electron chi connectivity index (χ4n) is 1.62. The molecule has 2 N–H and O–H groups in total. The molecule has 0 bridgehead atoms. The molecule has 0 saturated carbocycles. The molecule has 0 amide bonds. The van der Waals surface area contributed by atoms with Gasteiger partial charge in [0, 0.05) is 5.38 Å². The van der Waals surface area contributed by atoms with Gasteiger partial charge >= 0.3 is 5.97 Å². The van der Waals surface area contributed by atoms with E-state index in [1.807, 2.05) is 0 Å². The lowest BCUT2D eigenvalue weighted by Gasteiger charge is -2.08. The van der Waals surface area contributed by atoms with Crippen LogP contribution in [0, 0.1) is 19.7 Å². The summed E-state index contributed by atoms with van der Waals surface area (Å²) in [5.41, 5.74) is -0.101. The van der Waals surface area contributed by atoms with E-state index in [-0.39, 0.29) is 15.6 Å². The van der Waals surface area contributed by atoms with Crippen LogP contribution in [0.2, 0.25) is 0 Å². The van der Waals surface area contributed by atoms with E-state index in [1.165, 1.54) is 6.92 Å². The van der Waals surface area contributed by atoms with Crippen molar-refractivity contribution in [3.63, 3.8) is 0 Å². The Morgan fingerprint density at radius 2 is 2.05 bits per heavy atom. The first-order chi connectivity index (χ1) is 9.70. The van der Waals surface area contributed by atoms with E-state index >= 15 is 0 Å². The van der Waals surface area contributed by atoms with Gasteiger partial charge in [-0.25, -0.2) is 22.6 Å². The molecule has 2 aromatic rings. The minimum absolute atomic E-state index is 0.0643. The SMILES string of the molecule is Cc1csc(NS(=O)(=O)c2cc(C)c(F)c(C(=O)O)c2)n1.